The topological polar surface area (TPSA) is 49.8 Å². The fourth-order valence-corrected chi connectivity index (χ4v) is 1.37. The Labute approximate surface area is 107 Å². The third kappa shape index (κ3) is 3.08. The average molecular weight is 240 g/mol. The van der Waals surface area contributed by atoms with E-state index in [4.69, 9.17) is 9.68 Å². The SMILES string of the molecule is C/C=C(\C#N)c1ncc(-c2ccccc2)o1.CC. The van der Waals surface area contributed by atoms with E-state index in [0.29, 0.717) is 17.2 Å². The van der Waals surface area contributed by atoms with Crippen LogP contribution in [0.2, 0.25) is 0 Å². The van der Waals surface area contributed by atoms with Gasteiger partial charge in [-0.05, 0) is 6.92 Å². The summed E-state index contributed by atoms with van der Waals surface area (Å²) in [6.45, 7) is 5.78. The third-order valence-corrected chi connectivity index (χ3v) is 2.20. The maximum atomic E-state index is 8.84. The molecule has 0 saturated heterocycles. The summed E-state index contributed by atoms with van der Waals surface area (Å²) in [4.78, 5) is 4.08. The van der Waals surface area contributed by atoms with Gasteiger partial charge < -0.3 is 4.42 Å². The number of benzene rings is 1. The quantitative estimate of drug-likeness (QED) is 0.735. The van der Waals surface area contributed by atoms with Crippen LogP contribution in [0.15, 0.2) is 47.0 Å². The van der Waals surface area contributed by atoms with Gasteiger partial charge in [0.25, 0.3) is 0 Å². The zero-order chi connectivity index (χ0) is 13.4. The molecule has 2 aromatic rings. The summed E-state index contributed by atoms with van der Waals surface area (Å²) in [7, 11) is 0. The molecular formula is C15H16N2O. The number of rotatable bonds is 2. The van der Waals surface area contributed by atoms with E-state index in [1.54, 1.807) is 19.2 Å². The molecule has 0 amide bonds. The van der Waals surface area contributed by atoms with Gasteiger partial charge in [0.2, 0.25) is 5.89 Å². The zero-order valence-corrected chi connectivity index (χ0v) is 10.8. The van der Waals surface area contributed by atoms with Gasteiger partial charge >= 0.3 is 0 Å². The van der Waals surface area contributed by atoms with Crippen molar-refractivity contribution in [3.63, 3.8) is 0 Å². The molecule has 1 heterocycles. The Balaban J connectivity index is 0.000000771. The molecule has 0 N–H and O–H groups in total. The Hall–Kier alpha value is -2.34. The standard InChI is InChI=1S/C13H10N2O.C2H6/c1-2-10(8-14)13-15-9-12(16-13)11-6-4-3-5-7-11;1-2/h2-7,9H,1H3;1-2H3/b10-2+;. The number of hydrogen-bond acceptors (Lipinski definition) is 3. The van der Waals surface area contributed by atoms with Gasteiger partial charge in [-0.25, -0.2) is 4.98 Å². The first-order valence-electron chi connectivity index (χ1n) is 5.93. The summed E-state index contributed by atoms with van der Waals surface area (Å²) in [5, 5.41) is 8.84. The highest BCUT2D eigenvalue weighted by molar-refractivity contribution is 5.72. The third-order valence-electron chi connectivity index (χ3n) is 2.20. The molecule has 0 spiro atoms. The zero-order valence-electron chi connectivity index (χ0n) is 10.8. The Morgan fingerprint density at radius 3 is 2.50 bits per heavy atom. The molecule has 92 valence electrons. The van der Waals surface area contributed by atoms with E-state index in [-0.39, 0.29) is 0 Å². The summed E-state index contributed by atoms with van der Waals surface area (Å²) < 4.78 is 5.51. The maximum Gasteiger partial charge on any atom is 0.237 e. The van der Waals surface area contributed by atoms with E-state index in [9.17, 15) is 0 Å². The number of nitrogens with zero attached hydrogens (tertiary/aromatic N) is 2. The van der Waals surface area contributed by atoms with Crippen molar-refractivity contribution in [2.75, 3.05) is 0 Å². The smallest absolute Gasteiger partial charge is 0.237 e. The van der Waals surface area contributed by atoms with E-state index in [1.807, 2.05) is 50.2 Å². The van der Waals surface area contributed by atoms with Crippen molar-refractivity contribution in [3.05, 3.63) is 48.5 Å². The first kappa shape index (κ1) is 13.7. The number of hydrogen-bond donors (Lipinski definition) is 0. The maximum absolute atomic E-state index is 8.84. The van der Waals surface area contributed by atoms with Crippen LogP contribution in [0, 0.1) is 11.3 Å². The van der Waals surface area contributed by atoms with Crippen LogP contribution in [0.3, 0.4) is 0 Å². The minimum atomic E-state index is 0.365. The van der Waals surface area contributed by atoms with Gasteiger partial charge in [0, 0.05) is 5.56 Å². The molecule has 1 aromatic heterocycles. The normalized spacial score (nSPS) is 10.2. The van der Waals surface area contributed by atoms with Crippen LogP contribution in [0.25, 0.3) is 16.9 Å². The summed E-state index contributed by atoms with van der Waals surface area (Å²) >= 11 is 0. The Kier molecular flexibility index (Phi) is 5.40. The second-order valence-corrected chi connectivity index (χ2v) is 3.21. The molecule has 0 saturated carbocycles. The van der Waals surface area contributed by atoms with Crippen LogP contribution in [-0.4, -0.2) is 4.98 Å². The van der Waals surface area contributed by atoms with Crippen molar-refractivity contribution in [3.8, 4) is 17.4 Å². The fraction of sp³-hybridized carbons (Fsp3) is 0.200. The predicted octanol–water partition coefficient (Wildman–Crippen LogP) is 4.29. The minimum absolute atomic E-state index is 0.365. The summed E-state index contributed by atoms with van der Waals surface area (Å²) in [6, 6.07) is 11.7. The Morgan fingerprint density at radius 2 is 1.94 bits per heavy atom. The molecule has 0 fully saturated rings. The van der Waals surface area contributed by atoms with E-state index in [0.717, 1.165) is 5.56 Å². The minimum Gasteiger partial charge on any atom is -0.435 e. The molecule has 0 bridgehead atoms. The average Bonchev–Trinajstić information content (AvgIpc) is 2.93. The molecule has 0 unspecified atom stereocenters. The van der Waals surface area contributed by atoms with E-state index < -0.39 is 0 Å². The molecule has 0 aliphatic heterocycles. The van der Waals surface area contributed by atoms with E-state index >= 15 is 0 Å². The van der Waals surface area contributed by atoms with Gasteiger partial charge in [-0.3, -0.25) is 0 Å². The molecule has 18 heavy (non-hydrogen) atoms. The largest absolute Gasteiger partial charge is 0.435 e. The van der Waals surface area contributed by atoms with Crippen LogP contribution in [-0.2, 0) is 0 Å². The first-order valence-corrected chi connectivity index (χ1v) is 5.93. The van der Waals surface area contributed by atoms with E-state index in [2.05, 4.69) is 4.98 Å². The monoisotopic (exact) mass is 240 g/mol. The Bertz CT molecular complexity index is 547. The van der Waals surface area contributed by atoms with Gasteiger partial charge in [0.05, 0.1) is 6.20 Å². The van der Waals surface area contributed by atoms with Crippen LogP contribution >= 0.6 is 0 Å². The molecule has 0 aliphatic carbocycles. The van der Waals surface area contributed by atoms with Crippen LogP contribution in [0.5, 0.6) is 0 Å². The fourth-order valence-electron chi connectivity index (χ4n) is 1.37. The predicted molar refractivity (Wildman–Crippen MR) is 72.6 cm³/mol. The van der Waals surface area contributed by atoms with Gasteiger partial charge in [-0.2, -0.15) is 5.26 Å². The summed E-state index contributed by atoms with van der Waals surface area (Å²) in [5.74, 6) is 1.04. The molecule has 1 aromatic carbocycles. The number of nitriles is 1. The highest BCUT2D eigenvalue weighted by Crippen LogP contribution is 2.22. The summed E-state index contributed by atoms with van der Waals surface area (Å²) in [5.41, 5.74) is 1.40. The molecule has 3 heteroatoms. The van der Waals surface area contributed by atoms with E-state index in [1.165, 1.54) is 0 Å². The van der Waals surface area contributed by atoms with Crippen LogP contribution in [0.1, 0.15) is 26.7 Å². The molecule has 0 radical (unpaired) electrons. The van der Waals surface area contributed by atoms with Crippen molar-refractivity contribution in [2.45, 2.75) is 20.8 Å². The van der Waals surface area contributed by atoms with Crippen molar-refractivity contribution in [2.24, 2.45) is 0 Å². The molecule has 0 atom stereocenters. The van der Waals surface area contributed by atoms with Crippen LogP contribution < -0.4 is 0 Å². The van der Waals surface area contributed by atoms with Gasteiger partial charge in [-0.15, -0.1) is 0 Å². The highest BCUT2D eigenvalue weighted by Gasteiger charge is 2.09. The number of allylic oxidation sites excluding steroid dienone is 2. The van der Waals surface area contributed by atoms with Crippen molar-refractivity contribution in [1.29, 1.82) is 5.26 Å². The second kappa shape index (κ2) is 7.08. The summed E-state index contributed by atoms with van der Waals surface area (Å²) in [6.07, 6.45) is 3.31. The number of oxazole rings is 1. The van der Waals surface area contributed by atoms with Crippen molar-refractivity contribution < 1.29 is 4.42 Å². The lowest BCUT2D eigenvalue weighted by atomic mass is 10.2. The van der Waals surface area contributed by atoms with Crippen molar-refractivity contribution in [1.82, 2.24) is 4.98 Å². The van der Waals surface area contributed by atoms with Gasteiger partial charge in [-0.1, -0.05) is 50.3 Å². The van der Waals surface area contributed by atoms with Crippen LogP contribution in [0.4, 0.5) is 0 Å². The second-order valence-electron chi connectivity index (χ2n) is 3.21. The molecule has 3 nitrogen and oxygen atoms in total. The first-order chi connectivity index (χ1) is 8.85. The Morgan fingerprint density at radius 1 is 1.28 bits per heavy atom. The lowest BCUT2D eigenvalue weighted by Gasteiger charge is -1.93. The molecule has 2 rings (SSSR count). The lowest BCUT2D eigenvalue weighted by molar-refractivity contribution is 0.557. The van der Waals surface area contributed by atoms with Crippen molar-refractivity contribution >= 4 is 5.57 Å². The lowest BCUT2D eigenvalue weighted by Crippen LogP contribution is -1.78. The molecule has 0 aliphatic rings. The number of aromatic nitrogens is 1. The molecular weight excluding hydrogens is 224 g/mol. The highest BCUT2D eigenvalue weighted by atomic mass is 16.4. The van der Waals surface area contributed by atoms with Gasteiger partial charge in [0.15, 0.2) is 5.76 Å². The van der Waals surface area contributed by atoms with Gasteiger partial charge in [0.1, 0.15) is 11.6 Å².